The molecule has 0 radical (unpaired) electrons. The lowest BCUT2D eigenvalue weighted by Crippen LogP contribution is -2.42. The minimum atomic E-state index is -0.617. The first kappa shape index (κ1) is 20.1. The van der Waals surface area contributed by atoms with Gasteiger partial charge in [0.25, 0.3) is 0 Å². The average molecular weight is 365 g/mol. The maximum absolute atomic E-state index is 13.1. The molecule has 0 aliphatic heterocycles. The molecule has 0 saturated heterocycles. The molecule has 2 rings (SSSR count). The molecule has 2 N–H and O–H groups in total. The fourth-order valence-electron chi connectivity index (χ4n) is 3.22. The monoisotopic (exact) mass is 365 g/mol. The van der Waals surface area contributed by atoms with Crippen molar-refractivity contribution >= 4 is 17.7 Å². The summed E-state index contributed by atoms with van der Waals surface area (Å²) >= 11 is 0. The van der Waals surface area contributed by atoms with Crippen LogP contribution in [0.15, 0.2) is 18.3 Å². The summed E-state index contributed by atoms with van der Waals surface area (Å²) in [7, 11) is 0. The molecule has 1 aromatic rings. The van der Waals surface area contributed by atoms with Crippen LogP contribution in [-0.2, 0) is 9.53 Å². The number of halogens is 1. The Morgan fingerprint density at radius 2 is 1.92 bits per heavy atom. The summed E-state index contributed by atoms with van der Waals surface area (Å²) in [6.07, 6.45) is 4.09. The normalized spacial score (nSPS) is 21.6. The largest absolute Gasteiger partial charge is 0.444 e. The van der Waals surface area contributed by atoms with Gasteiger partial charge in [0.1, 0.15) is 5.60 Å². The van der Waals surface area contributed by atoms with E-state index in [9.17, 15) is 14.0 Å². The molecule has 0 spiro atoms. The predicted octanol–water partition coefficient (Wildman–Crippen LogP) is 3.88. The molecule has 1 fully saturated rings. The van der Waals surface area contributed by atoms with Gasteiger partial charge in [0.05, 0.1) is 0 Å². The molecule has 0 unspecified atom stereocenters. The summed E-state index contributed by atoms with van der Waals surface area (Å²) in [5, 5.41) is 5.63. The van der Waals surface area contributed by atoms with Crippen molar-refractivity contribution in [2.45, 2.75) is 65.0 Å². The molecule has 26 heavy (non-hydrogen) atoms. The van der Waals surface area contributed by atoms with Crippen LogP contribution in [0.3, 0.4) is 0 Å². The van der Waals surface area contributed by atoms with Crippen molar-refractivity contribution in [3.8, 4) is 0 Å². The highest BCUT2D eigenvalue weighted by Gasteiger charge is 2.30. The highest BCUT2D eigenvalue weighted by molar-refractivity contribution is 5.92. The van der Waals surface area contributed by atoms with Crippen LogP contribution in [0.4, 0.5) is 14.9 Å². The number of aromatic nitrogens is 1. The lowest BCUT2D eigenvalue weighted by Gasteiger charge is -2.32. The Kier molecular flexibility index (Phi) is 6.56. The van der Waals surface area contributed by atoms with Crippen LogP contribution < -0.4 is 10.6 Å². The third kappa shape index (κ3) is 6.28. The number of nitrogens with zero attached hydrogens (tertiary/aromatic N) is 1. The van der Waals surface area contributed by atoms with Gasteiger partial charge in [-0.25, -0.2) is 9.78 Å². The molecule has 2 amide bonds. The molecule has 7 heteroatoms. The number of carbonyl (C=O) groups excluding carboxylic acids is 2. The van der Waals surface area contributed by atoms with Crippen molar-refractivity contribution in [2.24, 2.45) is 11.8 Å². The molecule has 1 atom stereocenters. The summed E-state index contributed by atoms with van der Waals surface area (Å²) in [6.45, 7) is 7.45. The van der Waals surface area contributed by atoms with Crippen LogP contribution in [0.1, 0.15) is 53.4 Å². The molecule has 1 aromatic heterocycles. The van der Waals surface area contributed by atoms with Crippen molar-refractivity contribution < 1.29 is 18.7 Å². The number of nitrogens with one attached hydrogen (secondary N) is 2. The molecule has 144 valence electrons. The third-order valence-electron chi connectivity index (χ3n) is 4.59. The van der Waals surface area contributed by atoms with Gasteiger partial charge in [-0.15, -0.1) is 0 Å². The van der Waals surface area contributed by atoms with Crippen molar-refractivity contribution in [3.63, 3.8) is 0 Å². The summed E-state index contributed by atoms with van der Waals surface area (Å²) in [6, 6.07) is 2.76. The highest BCUT2D eigenvalue weighted by atomic mass is 19.1. The Hall–Kier alpha value is -2.18. The van der Waals surface area contributed by atoms with E-state index < -0.39 is 17.6 Å². The van der Waals surface area contributed by atoms with Crippen LogP contribution >= 0.6 is 0 Å². The van der Waals surface area contributed by atoms with Gasteiger partial charge in [-0.3, -0.25) is 4.79 Å². The van der Waals surface area contributed by atoms with E-state index in [1.807, 2.05) is 27.7 Å². The zero-order valence-electron chi connectivity index (χ0n) is 15.8. The van der Waals surface area contributed by atoms with Gasteiger partial charge >= 0.3 is 6.09 Å². The molecule has 1 saturated carbocycles. The summed E-state index contributed by atoms with van der Waals surface area (Å²) in [5.41, 5.74) is -0.101. The van der Waals surface area contributed by atoms with E-state index in [1.54, 1.807) is 6.07 Å². The Bertz CT molecular complexity index is 637. The van der Waals surface area contributed by atoms with Crippen LogP contribution in [-0.4, -0.2) is 28.6 Å². The number of amides is 2. The maximum atomic E-state index is 13.1. The highest BCUT2D eigenvalue weighted by Crippen LogP contribution is 2.31. The molecule has 0 aromatic carbocycles. The maximum Gasteiger partial charge on any atom is 0.407 e. The number of rotatable bonds is 4. The molecule has 1 aliphatic rings. The first-order valence-electron chi connectivity index (χ1n) is 9.06. The van der Waals surface area contributed by atoms with Crippen LogP contribution in [0.5, 0.6) is 0 Å². The number of alkyl carbamates (subject to hydrolysis) is 1. The average Bonchev–Trinajstić information content (AvgIpc) is 2.53. The lowest BCUT2D eigenvalue weighted by molar-refractivity contribution is -0.121. The van der Waals surface area contributed by atoms with Crippen molar-refractivity contribution in [3.05, 3.63) is 24.3 Å². The van der Waals surface area contributed by atoms with E-state index in [4.69, 9.17) is 4.74 Å². The number of hydrogen-bond donors (Lipinski definition) is 2. The smallest absolute Gasteiger partial charge is 0.407 e. The molecule has 0 bridgehead atoms. The fraction of sp³-hybridized carbons (Fsp3) is 0.632. The standard InChI is InChI=1S/C19H28FN3O3/c1-12(22-18(25)26-19(2,3)4)13-5-7-14(8-6-13)17(24)23-15-9-10-21-16(20)11-15/h9-14H,5-8H2,1-4H3,(H,22,25)(H,21,23,24)/t12-,13?,14?/m1/s1. The number of anilines is 1. The van der Waals surface area contributed by atoms with Gasteiger partial charge in [0.15, 0.2) is 0 Å². The summed E-state index contributed by atoms with van der Waals surface area (Å²) in [5.74, 6) is -0.503. The molecule has 6 nitrogen and oxygen atoms in total. The Morgan fingerprint density at radius 3 is 2.50 bits per heavy atom. The predicted molar refractivity (Wildman–Crippen MR) is 97.1 cm³/mol. The van der Waals surface area contributed by atoms with Gasteiger partial charge in [0.2, 0.25) is 11.9 Å². The Balaban J connectivity index is 1.79. The number of carbonyl (C=O) groups is 2. The lowest BCUT2D eigenvalue weighted by atomic mass is 9.78. The van der Waals surface area contributed by atoms with Gasteiger partial charge in [-0.1, -0.05) is 0 Å². The zero-order valence-corrected chi connectivity index (χ0v) is 15.8. The molecular formula is C19H28FN3O3. The first-order chi connectivity index (χ1) is 12.1. The van der Waals surface area contributed by atoms with Crippen molar-refractivity contribution in [2.75, 3.05) is 5.32 Å². The minimum absolute atomic E-state index is 0.0110. The second-order valence-corrected chi connectivity index (χ2v) is 7.90. The quantitative estimate of drug-likeness (QED) is 0.794. The second kappa shape index (κ2) is 8.47. The van der Waals surface area contributed by atoms with E-state index >= 15 is 0 Å². The minimum Gasteiger partial charge on any atom is -0.444 e. The van der Waals surface area contributed by atoms with E-state index in [2.05, 4.69) is 15.6 Å². The van der Waals surface area contributed by atoms with Gasteiger partial charge in [-0.05, 0) is 65.4 Å². The van der Waals surface area contributed by atoms with Crippen LogP contribution in [0.25, 0.3) is 0 Å². The van der Waals surface area contributed by atoms with Crippen LogP contribution in [0, 0.1) is 17.8 Å². The van der Waals surface area contributed by atoms with E-state index in [0.717, 1.165) is 25.7 Å². The van der Waals surface area contributed by atoms with E-state index in [1.165, 1.54) is 12.3 Å². The molecule has 1 aliphatic carbocycles. The topological polar surface area (TPSA) is 80.3 Å². The van der Waals surface area contributed by atoms with Gasteiger partial charge < -0.3 is 15.4 Å². The van der Waals surface area contributed by atoms with Gasteiger partial charge in [-0.2, -0.15) is 4.39 Å². The summed E-state index contributed by atoms with van der Waals surface area (Å²) < 4.78 is 18.4. The molecule has 1 heterocycles. The Labute approximate surface area is 153 Å². The third-order valence-corrected chi connectivity index (χ3v) is 4.59. The van der Waals surface area contributed by atoms with Crippen molar-refractivity contribution in [1.82, 2.24) is 10.3 Å². The number of ether oxygens (including phenoxy) is 1. The first-order valence-corrected chi connectivity index (χ1v) is 9.06. The number of pyridine rings is 1. The summed E-state index contributed by atoms with van der Waals surface area (Å²) in [4.78, 5) is 27.7. The SMILES string of the molecule is C[C@@H](NC(=O)OC(C)(C)C)C1CCC(C(=O)Nc2ccnc(F)c2)CC1. The van der Waals surface area contributed by atoms with Crippen LogP contribution in [0.2, 0.25) is 0 Å². The number of hydrogen-bond acceptors (Lipinski definition) is 4. The second-order valence-electron chi connectivity index (χ2n) is 7.90. The van der Waals surface area contributed by atoms with E-state index in [0.29, 0.717) is 11.6 Å². The molecular weight excluding hydrogens is 337 g/mol. The fourth-order valence-corrected chi connectivity index (χ4v) is 3.22. The van der Waals surface area contributed by atoms with Gasteiger partial charge in [0, 0.05) is 29.9 Å². The zero-order chi connectivity index (χ0) is 19.3. The van der Waals surface area contributed by atoms with E-state index in [-0.39, 0.29) is 17.9 Å². The Morgan fingerprint density at radius 1 is 1.27 bits per heavy atom. The van der Waals surface area contributed by atoms with Crippen molar-refractivity contribution in [1.29, 1.82) is 0 Å².